The number of fused-ring (bicyclic) bond motifs is 1. The molecule has 0 atom stereocenters. The van der Waals surface area contributed by atoms with Crippen molar-refractivity contribution in [2.45, 2.75) is 58.1 Å². The third-order valence-electron chi connectivity index (χ3n) is 7.72. The molecule has 1 aliphatic rings. The van der Waals surface area contributed by atoms with Crippen molar-refractivity contribution >= 4 is 11.8 Å². The number of carbonyl (C=O) groups is 2. The summed E-state index contributed by atoms with van der Waals surface area (Å²) in [4.78, 5) is 42.5. The van der Waals surface area contributed by atoms with Crippen LogP contribution in [-0.2, 0) is 13.2 Å². The molecular weight excluding hydrogens is 587 g/mol. The molecule has 10 heteroatoms. The van der Waals surface area contributed by atoms with E-state index >= 15 is 0 Å². The summed E-state index contributed by atoms with van der Waals surface area (Å²) in [6, 6.07) is 13.4. The Bertz CT molecular complexity index is 1570. The van der Waals surface area contributed by atoms with Crippen LogP contribution < -0.4 is 25.2 Å². The number of allylic oxidation sites excluding steroid dienone is 1. The van der Waals surface area contributed by atoms with Crippen molar-refractivity contribution in [3.8, 4) is 11.5 Å². The van der Waals surface area contributed by atoms with E-state index in [1.54, 1.807) is 17.8 Å². The summed E-state index contributed by atoms with van der Waals surface area (Å²) >= 11 is 0. The molecule has 46 heavy (non-hydrogen) atoms. The first kappa shape index (κ1) is 34.0. The highest BCUT2D eigenvalue weighted by Gasteiger charge is 2.33. The Morgan fingerprint density at radius 2 is 1.72 bits per heavy atom. The molecule has 9 nitrogen and oxygen atoms in total. The van der Waals surface area contributed by atoms with E-state index in [4.69, 9.17) is 9.47 Å². The Morgan fingerprint density at radius 3 is 2.48 bits per heavy atom. The van der Waals surface area contributed by atoms with Crippen LogP contribution in [0.3, 0.4) is 0 Å². The molecule has 0 spiro atoms. The molecular formula is C36H43FN4O5. The molecule has 3 aromatic rings. The maximum absolute atomic E-state index is 14.0. The van der Waals surface area contributed by atoms with Crippen molar-refractivity contribution in [3.05, 3.63) is 118 Å². The summed E-state index contributed by atoms with van der Waals surface area (Å²) in [6.45, 7) is 8.66. The average molecular weight is 631 g/mol. The van der Waals surface area contributed by atoms with Crippen molar-refractivity contribution in [2.24, 2.45) is 0 Å². The monoisotopic (exact) mass is 630 g/mol. The number of nitrogens with one attached hydrogen (secondary N) is 1. The zero-order chi connectivity index (χ0) is 32.9. The second-order valence-electron chi connectivity index (χ2n) is 11.2. The van der Waals surface area contributed by atoms with Gasteiger partial charge in [0, 0.05) is 38.0 Å². The summed E-state index contributed by atoms with van der Waals surface area (Å²) in [5, 5.41) is 4.72. The maximum Gasteiger partial charge on any atom is 0.277 e. The van der Waals surface area contributed by atoms with Crippen LogP contribution in [0.1, 0.15) is 76.9 Å². The number of ether oxygens (including phenoxy) is 2. The number of benzene rings is 2. The molecule has 1 N–H and O–H groups in total. The van der Waals surface area contributed by atoms with E-state index in [9.17, 15) is 18.8 Å². The number of hydrogen-bond donors (Lipinski definition) is 1. The molecule has 1 aliphatic heterocycles. The number of nitrogens with zero attached hydrogens (tertiary/aromatic N) is 3. The molecule has 0 radical (unpaired) electrons. The van der Waals surface area contributed by atoms with Crippen LogP contribution in [0.5, 0.6) is 11.5 Å². The van der Waals surface area contributed by atoms with Crippen LogP contribution >= 0.6 is 0 Å². The third-order valence-corrected chi connectivity index (χ3v) is 7.72. The molecule has 1 aromatic heterocycles. The zero-order valence-corrected chi connectivity index (χ0v) is 26.5. The number of rotatable bonds is 18. The van der Waals surface area contributed by atoms with Gasteiger partial charge in [0.05, 0.1) is 6.61 Å². The van der Waals surface area contributed by atoms with E-state index in [0.29, 0.717) is 30.9 Å². The van der Waals surface area contributed by atoms with E-state index in [1.807, 2.05) is 41.4 Å². The van der Waals surface area contributed by atoms with E-state index in [2.05, 4.69) is 18.5 Å². The Labute approximate surface area is 269 Å². The Balaban J connectivity index is 1.63. The fraction of sp³-hybridized carbons (Fsp3) is 0.361. The number of carbonyl (C=O) groups excluding carboxylic acids is 2. The molecule has 0 fully saturated rings. The van der Waals surface area contributed by atoms with Gasteiger partial charge in [-0.1, -0.05) is 67.8 Å². The molecule has 0 saturated carbocycles. The minimum Gasteiger partial charge on any atom is -0.493 e. The number of pyridine rings is 1. The lowest BCUT2D eigenvalue weighted by Crippen LogP contribution is -2.53. The normalized spacial score (nSPS) is 12.4. The van der Waals surface area contributed by atoms with E-state index in [0.717, 1.165) is 44.1 Å². The second-order valence-corrected chi connectivity index (χ2v) is 11.2. The first-order chi connectivity index (χ1) is 22.3. The van der Waals surface area contributed by atoms with Crippen LogP contribution in [0.25, 0.3) is 0 Å². The standard InChI is InChI=1S/C36H43FN4O5/c1-4-6-8-9-10-11-15-20-40-26-39(3)36(44)32-34(46-25-27-16-13-12-14-17-27)33(42)30(24-41(32)40)35(43)38-23-28-18-19-29(37)22-31(28)45-21-7-5-2/h4-5,12-14,16-19,22,24H,1-2,6-11,15,20-21,23,25-26H2,3H3,(H,38,43). The summed E-state index contributed by atoms with van der Waals surface area (Å²) < 4.78 is 27.3. The molecule has 0 unspecified atom stereocenters. The molecule has 2 amide bonds. The predicted octanol–water partition coefficient (Wildman–Crippen LogP) is 5.96. The number of amides is 2. The molecule has 0 bridgehead atoms. The Morgan fingerprint density at radius 1 is 0.978 bits per heavy atom. The van der Waals surface area contributed by atoms with Crippen molar-refractivity contribution in [3.63, 3.8) is 0 Å². The van der Waals surface area contributed by atoms with E-state index in [-0.39, 0.29) is 42.7 Å². The minimum absolute atomic E-state index is 0.0127. The lowest BCUT2D eigenvalue weighted by molar-refractivity contribution is 0.0727. The van der Waals surface area contributed by atoms with Gasteiger partial charge in [0.15, 0.2) is 11.4 Å². The summed E-state index contributed by atoms with van der Waals surface area (Å²) in [6.07, 6.45) is 11.8. The van der Waals surface area contributed by atoms with Gasteiger partial charge in [0.1, 0.15) is 30.4 Å². The SMILES string of the molecule is C=CCCCCCCCN1CN(C)C(=O)c2c(OCc3ccccc3)c(=O)c(C(=O)NCc3ccc(F)cc3OCCC=C)cn21. The molecule has 2 aromatic carbocycles. The van der Waals surface area contributed by atoms with Gasteiger partial charge in [-0.05, 0) is 37.3 Å². The van der Waals surface area contributed by atoms with Crippen molar-refractivity contribution in [2.75, 3.05) is 31.9 Å². The van der Waals surface area contributed by atoms with Gasteiger partial charge in [0.2, 0.25) is 5.43 Å². The van der Waals surface area contributed by atoms with Gasteiger partial charge in [-0.3, -0.25) is 24.1 Å². The average Bonchev–Trinajstić information content (AvgIpc) is 3.05. The largest absolute Gasteiger partial charge is 0.493 e. The van der Waals surface area contributed by atoms with E-state index < -0.39 is 17.2 Å². The van der Waals surface area contributed by atoms with Crippen LogP contribution in [0.4, 0.5) is 4.39 Å². The molecule has 4 rings (SSSR count). The van der Waals surface area contributed by atoms with Gasteiger partial charge in [-0.25, -0.2) is 4.39 Å². The lowest BCUT2D eigenvalue weighted by atomic mass is 10.1. The third kappa shape index (κ3) is 8.87. The Kier molecular flexibility index (Phi) is 12.6. The molecule has 2 heterocycles. The van der Waals surface area contributed by atoms with Gasteiger partial charge in [0.25, 0.3) is 11.8 Å². The number of halogens is 1. The summed E-state index contributed by atoms with van der Waals surface area (Å²) in [5.74, 6) is -1.39. The van der Waals surface area contributed by atoms with Crippen LogP contribution in [-0.4, -0.2) is 48.3 Å². The highest BCUT2D eigenvalue weighted by atomic mass is 19.1. The quantitative estimate of drug-likeness (QED) is 0.138. The molecule has 0 aliphatic carbocycles. The Hall–Kier alpha value is -4.86. The van der Waals surface area contributed by atoms with Gasteiger partial charge in [-0.15, -0.1) is 13.2 Å². The molecule has 244 valence electrons. The minimum atomic E-state index is -0.688. The van der Waals surface area contributed by atoms with Crippen molar-refractivity contribution < 1.29 is 23.5 Å². The lowest BCUT2D eigenvalue weighted by Gasteiger charge is -2.38. The number of unbranched alkanes of at least 4 members (excludes halogenated alkanes) is 5. The van der Waals surface area contributed by atoms with E-state index in [1.165, 1.54) is 29.3 Å². The predicted molar refractivity (Wildman–Crippen MR) is 177 cm³/mol. The number of hydrogen-bond acceptors (Lipinski definition) is 6. The smallest absolute Gasteiger partial charge is 0.277 e. The summed E-state index contributed by atoms with van der Waals surface area (Å²) in [7, 11) is 1.68. The van der Waals surface area contributed by atoms with Crippen LogP contribution in [0.2, 0.25) is 0 Å². The van der Waals surface area contributed by atoms with Crippen molar-refractivity contribution in [1.82, 2.24) is 14.9 Å². The van der Waals surface area contributed by atoms with Gasteiger partial charge in [-0.2, -0.15) is 0 Å². The highest BCUT2D eigenvalue weighted by Crippen LogP contribution is 2.24. The number of aromatic nitrogens is 1. The van der Waals surface area contributed by atoms with Gasteiger partial charge >= 0.3 is 0 Å². The summed E-state index contributed by atoms with van der Waals surface area (Å²) in [5.41, 5.74) is 0.570. The van der Waals surface area contributed by atoms with Crippen molar-refractivity contribution in [1.29, 1.82) is 0 Å². The maximum atomic E-state index is 14.0. The first-order valence-electron chi connectivity index (χ1n) is 15.7. The zero-order valence-electron chi connectivity index (χ0n) is 26.5. The topological polar surface area (TPSA) is 93.1 Å². The second kappa shape index (κ2) is 17.0. The van der Waals surface area contributed by atoms with Crippen LogP contribution in [0.15, 0.2) is 84.8 Å². The highest BCUT2D eigenvalue weighted by molar-refractivity contribution is 5.99. The van der Waals surface area contributed by atoms with Crippen LogP contribution in [0, 0.1) is 5.82 Å². The fourth-order valence-corrected chi connectivity index (χ4v) is 5.20. The van der Waals surface area contributed by atoms with Gasteiger partial charge < -0.3 is 19.7 Å². The first-order valence-corrected chi connectivity index (χ1v) is 15.7. The molecule has 0 saturated heterocycles. The fourth-order valence-electron chi connectivity index (χ4n) is 5.20.